The van der Waals surface area contributed by atoms with Crippen LogP contribution in [-0.4, -0.2) is 15.5 Å². The van der Waals surface area contributed by atoms with Crippen LogP contribution in [0.3, 0.4) is 0 Å². The van der Waals surface area contributed by atoms with Gasteiger partial charge in [0, 0.05) is 30.6 Å². The SMILES string of the molecule is Cc1nc(CNC(=O)c2ccc(-n3cccc3)cc2)co1. The molecule has 1 amide bonds. The average Bonchev–Trinajstić information content (AvgIpc) is 3.16. The number of nitrogens with zero attached hydrogens (tertiary/aromatic N) is 2. The molecule has 5 nitrogen and oxygen atoms in total. The molecule has 0 unspecified atom stereocenters. The van der Waals surface area contributed by atoms with E-state index in [0.717, 1.165) is 5.69 Å². The van der Waals surface area contributed by atoms with Gasteiger partial charge in [-0.3, -0.25) is 4.79 Å². The molecule has 0 saturated carbocycles. The molecule has 3 aromatic rings. The lowest BCUT2D eigenvalue weighted by atomic mass is 10.2. The zero-order valence-corrected chi connectivity index (χ0v) is 11.6. The van der Waals surface area contributed by atoms with E-state index >= 15 is 0 Å². The number of carbonyl (C=O) groups excluding carboxylic acids is 1. The Morgan fingerprint density at radius 2 is 1.95 bits per heavy atom. The summed E-state index contributed by atoms with van der Waals surface area (Å²) in [5.41, 5.74) is 2.35. The lowest BCUT2D eigenvalue weighted by Crippen LogP contribution is -2.22. The van der Waals surface area contributed by atoms with Crippen molar-refractivity contribution in [3.8, 4) is 5.69 Å². The standard InChI is InChI=1S/C16H15N3O2/c1-12-18-14(11-21-12)10-17-16(20)13-4-6-15(7-5-13)19-8-2-3-9-19/h2-9,11H,10H2,1H3,(H,17,20). The maximum absolute atomic E-state index is 12.0. The smallest absolute Gasteiger partial charge is 0.251 e. The fraction of sp³-hybridized carbons (Fsp3) is 0.125. The first-order valence-electron chi connectivity index (χ1n) is 6.65. The number of rotatable bonds is 4. The van der Waals surface area contributed by atoms with Crippen LogP contribution >= 0.6 is 0 Å². The molecule has 0 aliphatic rings. The number of benzene rings is 1. The maximum atomic E-state index is 12.0. The number of hydrogen-bond acceptors (Lipinski definition) is 3. The summed E-state index contributed by atoms with van der Waals surface area (Å²) in [5, 5.41) is 2.81. The second-order valence-electron chi connectivity index (χ2n) is 4.68. The Morgan fingerprint density at radius 3 is 2.57 bits per heavy atom. The first kappa shape index (κ1) is 13.2. The number of nitrogens with one attached hydrogen (secondary N) is 1. The number of aryl methyl sites for hydroxylation is 1. The molecular weight excluding hydrogens is 266 g/mol. The van der Waals surface area contributed by atoms with Crippen molar-refractivity contribution in [1.29, 1.82) is 0 Å². The molecule has 2 aromatic heterocycles. The van der Waals surface area contributed by atoms with E-state index in [0.29, 0.717) is 23.7 Å². The van der Waals surface area contributed by atoms with Crippen LogP contribution in [0.4, 0.5) is 0 Å². The summed E-state index contributed by atoms with van der Waals surface area (Å²) in [4.78, 5) is 16.2. The van der Waals surface area contributed by atoms with E-state index < -0.39 is 0 Å². The van der Waals surface area contributed by atoms with Crippen molar-refractivity contribution in [2.24, 2.45) is 0 Å². The minimum atomic E-state index is -0.130. The molecule has 1 aromatic carbocycles. The largest absolute Gasteiger partial charge is 0.449 e. The quantitative estimate of drug-likeness (QED) is 0.800. The topological polar surface area (TPSA) is 60.1 Å². The number of carbonyl (C=O) groups is 1. The summed E-state index contributed by atoms with van der Waals surface area (Å²) in [5.74, 6) is 0.463. The Labute approximate surface area is 122 Å². The van der Waals surface area contributed by atoms with Crippen LogP contribution < -0.4 is 5.32 Å². The fourth-order valence-electron chi connectivity index (χ4n) is 2.05. The van der Waals surface area contributed by atoms with Gasteiger partial charge < -0.3 is 14.3 Å². The highest BCUT2D eigenvalue weighted by atomic mass is 16.3. The van der Waals surface area contributed by atoms with Crippen LogP contribution in [-0.2, 0) is 6.54 Å². The van der Waals surface area contributed by atoms with Crippen LogP contribution in [0.1, 0.15) is 21.9 Å². The van der Waals surface area contributed by atoms with Gasteiger partial charge in [0.1, 0.15) is 6.26 Å². The Bertz CT molecular complexity index is 727. The van der Waals surface area contributed by atoms with Crippen molar-refractivity contribution in [2.75, 3.05) is 0 Å². The van der Waals surface area contributed by atoms with Gasteiger partial charge in [-0.25, -0.2) is 4.98 Å². The van der Waals surface area contributed by atoms with Gasteiger partial charge >= 0.3 is 0 Å². The Hall–Kier alpha value is -2.82. The second-order valence-corrected chi connectivity index (χ2v) is 4.68. The van der Waals surface area contributed by atoms with E-state index in [2.05, 4.69) is 10.3 Å². The van der Waals surface area contributed by atoms with Crippen molar-refractivity contribution in [3.05, 3.63) is 72.2 Å². The third-order valence-electron chi connectivity index (χ3n) is 3.13. The van der Waals surface area contributed by atoms with E-state index in [1.54, 1.807) is 25.3 Å². The lowest BCUT2D eigenvalue weighted by molar-refractivity contribution is 0.0950. The molecule has 5 heteroatoms. The summed E-state index contributed by atoms with van der Waals surface area (Å²) in [6.45, 7) is 2.13. The molecule has 0 aliphatic carbocycles. The van der Waals surface area contributed by atoms with Gasteiger partial charge in [-0.2, -0.15) is 0 Å². The van der Waals surface area contributed by atoms with Crippen LogP contribution in [0.5, 0.6) is 0 Å². The zero-order chi connectivity index (χ0) is 14.7. The summed E-state index contributed by atoms with van der Waals surface area (Å²) in [6, 6.07) is 11.3. The number of aromatic nitrogens is 2. The predicted octanol–water partition coefficient (Wildman–Crippen LogP) is 2.70. The van der Waals surface area contributed by atoms with Gasteiger partial charge in [-0.15, -0.1) is 0 Å². The van der Waals surface area contributed by atoms with Crippen LogP contribution in [0, 0.1) is 6.92 Å². The molecule has 2 heterocycles. The Morgan fingerprint density at radius 1 is 1.24 bits per heavy atom. The van der Waals surface area contributed by atoms with Gasteiger partial charge in [0.15, 0.2) is 5.89 Å². The van der Waals surface area contributed by atoms with Crippen molar-refractivity contribution in [2.45, 2.75) is 13.5 Å². The van der Waals surface area contributed by atoms with E-state index in [9.17, 15) is 4.79 Å². The summed E-state index contributed by atoms with van der Waals surface area (Å²) >= 11 is 0. The van der Waals surface area contributed by atoms with Crippen molar-refractivity contribution >= 4 is 5.91 Å². The van der Waals surface area contributed by atoms with E-state index in [1.807, 2.05) is 41.2 Å². The molecule has 0 atom stereocenters. The number of hydrogen-bond donors (Lipinski definition) is 1. The first-order valence-corrected chi connectivity index (χ1v) is 6.65. The van der Waals surface area contributed by atoms with Gasteiger partial charge in [0.2, 0.25) is 0 Å². The van der Waals surface area contributed by atoms with E-state index in [4.69, 9.17) is 4.42 Å². The maximum Gasteiger partial charge on any atom is 0.251 e. The van der Waals surface area contributed by atoms with Crippen molar-refractivity contribution in [3.63, 3.8) is 0 Å². The average molecular weight is 281 g/mol. The minimum Gasteiger partial charge on any atom is -0.449 e. The van der Waals surface area contributed by atoms with E-state index in [1.165, 1.54) is 0 Å². The van der Waals surface area contributed by atoms with Gasteiger partial charge in [-0.05, 0) is 36.4 Å². The summed E-state index contributed by atoms with van der Waals surface area (Å²) in [6.07, 6.45) is 5.47. The monoisotopic (exact) mass is 281 g/mol. The van der Waals surface area contributed by atoms with Crippen LogP contribution in [0.2, 0.25) is 0 Å². The van der Waals surface area contributed by atoms with Gasteiger partial charge in [-0.1, -0.05) is 0 Å². The van der Waals surface area contributed by atoms with Gasteiger partial charge in [0.25, 0.3) is 5.91 Å². The normalized spacial score (nSPS) is 10.5. The molecule has 0 saturated heterocycles. The number of amides is 1. The molecular formula is C16H15N3O2. The molecule has 0 aliphatic heterocycles. The second kappa shape index (κ2) is 5.66. The van der Waals surface area contributed by atoms with E-state index in [-0.39, 0.29) is 5.91 Å². The van der Waals surface area contributed by atoms with Crippen LogP contribution in [0.25, 0.3) is 5.69 Å². The van der Waals surface area contributed by atoms with Crippen molar-refractivity contribution in [1.82, 2.24) is 14.9 Å². The van der Waals surface area contributed by atoms with Crippen LogP contribution in [0.15, 0.2) is 59.5 Å². The predicted molar refractivity (Wildman–Crippen MR) is 78.2 cm³/mol. The highest BCUT2D eigenvalue weighted by Gasteiger charge is 2.07. The van der Waals surface area contributed by atoms with Crippen molar-refractivity contribution < 1.29 is 9.21 Å². The molecule has 0 fully saturated rings. The number of oxazole rings is 1. The Kier molecular flexibility index (Phi) is 3.55. The molecule has 0 radical (unpaired) electrons. The third kappa shape index (κ3) is 3.02. The highest BCUT2D eigenvalue weighted by molar-refractivity contribution is 5.94. The Balaban J connectivity index is 1.65. The molecule has 21 heavy (non-hydrogen) atoms. The van der Waals surface area contributed by atoms with Gasteiger partial charge in [0.05, 0.1) is 12.2 Å². The first-order chi connectivity index (χ1) is 10.2. The summed E-state index contributed by atoms with van der Waals surface area (Å²) < 4.78 is 7.08. The fourth-order valence-corrected chi connectivity index (χ4v) is 2.05. The molecule has 0 spiro atoms. The molecule has 0 bridgehead atoms. The third-order valence-corrected chi connectivity index (χ3v) is 3.13. The molecule has 3 rings (SSSR count). The highest BCUT2D eigenvalue weighted by Crippen LogP contribution is 2.10. The lowest BCUT2D eigenvalue weighted by Gasteiger charge is -2.06. The minimum absolute atomic E-state index is 0.130. The molecule has 106 valence electrons. The zero-order valence-electron chi connectivity index (χ0n) is 11.6. The molecule has 1 N–H and O–H groups in total. The summed E-state index contributed by atoms with van der Waals surface area (Å²) in [7, 11) is 0.